The maximum Gasteiger partial charge on any atom is 0.324 e. The van der Waals surface area contributed by atoms with Gasteiger partial charge >= 0.3 is 6.03 Å². The number of phenolic OH excluding ortho intramolecular Hbond substituents is 1. The SMILES string of the molecule is CCOCCNS(=O)(=O)c1c(Cl)ccc(N(C(N)=O)c2cccc(Cl)c2Cl)c1O. The molecule has 0 fully saturated rings. The van der Waals surface area contributed by atoms with Crippen LogP contribution in [0.15, 0.2) is 35.2 Å². The van der Waals surface area contributed by atoms with Crippen LogP contribution < -0.4 is 15.4 Å². The van der Waals surface area contributed by atoms with Crippen LogP contribution in [0.5, 0.6) is 5.75 Å². The second kappa shape index (κ2) is 9.84. The summed E-state index contributed by atoms with van der Waals surface area (Å²) < 4.78 is 32.6. The van der Waals surface area contributed by atoms with Crippen molar-refractivity contribution in [2.45, 2.75) is 11.8 Å². The first kappa shape index (κ1) is 23.5. The second-order valence-electron chi connectivity index (χ2n) is 5.59. The topological polar surface area (TPSA) is 122 Å². The van der Waals surface area contributed by atoms with Crippen molar-refractivity contribution in [3.05, 3.63) is 45.4 Å². The number of nitrogens with two attached hydrogens (primary N) is 1. The summed E-state index contributed by atoms with van der Waals surface area (Å²) in [5, 5.41) is 10.6. The average Bonchev–Trinajstić information content (AvgIpc) is 2.64. The van der Waals surface area contributed by atoms with Crippen LogP contribution in [0.2, 0.25) is 15.1 Å². The van der Waals surface area contributed by atoms with E-state index in [2.05, 4.69) is 4.72 Å². The molecule has 158 valence electrons. The van der Waals surface area contributed by atoms with E-state index in [1.54, 1.807) is 6.92 Å². The number of primary amides is 1. The first-order chi connectivity index (χ1) is 13.6. The number of nitrogens with zero attached hydrogens (tertiary/aromatic N) is 1. The highest BCUT2D eigenvalue weighted by atomic mass is 35.5. The normalized spacial score (nSPS) is 11.4. The van der Waals surface area contributed by atoms with Gasteiger partial charge in [0, 0.05) is 13.2 Å². The highest BCUT2D eigenvalue weighted by Crippen LogP contribution is 2.43. The molecule has 8 nitrogen and oxygen atoms in total. The van der Waals surface area contributed by atoms with Crippen LogP contribution in [0.25, 0.3) is 0 Å². The van der Waals surface area contributed by atoms with Crippen molar-refractivity contribution in [3.8, 4) is 5.75 Å². The highest BCUT2D eigenvalue weighted by molar-refractivity contribution is 7.89. The fourth-order valence-corrected chi connectivity index (χ4v) is 4.49. The first-order valence-corrected chi connectivity index (χ1v) is 10.9. The molecule has 0 saturated carbocycles. The summed E-state index contributed by atoms with van der Waals surface area (Å²) in [5.41, 5.74) is 5.27. The molecule has 0 unspecified atom stereocenters. The molecule has 2 rings (SSSR count). The average molecular weight is 483 g/mol. The van der Waals surface area contributed by atoms with Gasteiger partial charge in [0.15, 0.2) is 5.75 Å². The zero-order valence-electron chi connectivity index (χ0n) is 15.2. The molecule has 0 aromatic heterocycles. The molecular formula is C17H18Cl3N3O5S. The Balaban J connectivity index is 2.58. The van der Waals surface area contributed by atoms with E-state index in [0.29, 0.717) is 6.61 Å². The number of phenols is 1. The number of nitrogens with one attached hydrogen (secondary N) is 1. The van der Waals surface area contributed by atoms with Gasteiger partial charge in [0.1, 0.15) is 4.90 Å². The molecule has 0 spiro atoms. The van der Waals surface area contributed by atoms with E-state index in [9.17, 15) is 18.3 Å². The maximum absolute atomic E-state index is 12.6. The minimum atomic E-state index is -4.23. The smallest absolute Gasteiger partial charge is 0.324 e. The van der Waals surface area contributed by atoms with E-state index >= 15 is 0 Å². The van der Waals surface area contributed by atoms with Crippen LogP contribution in [-0.4, -0.2) is 39.3 Å². The molecule has 0 atom stereocenters. The van der Waals surface area contributed by atoms with E-state index in [1.165, 1.54) is 30.3 Å². The number of urea groups is 1. The van der Waals surface area contributed by atoms with Gasteiger partial charge in [0.05, 0.1) is 33.0 Å². The summed E-state index contributed by atoms with van der Waals surface area (Å²) in [7, 11) is -4.23. The Hall–Kier alpha value is -1.75. The lowest BCUT2D eigenvalue weighted by atomic mass is 10.2. The van der Waals surface area contributed by atoms with Crippen LogP contribution >= 0.6 is 34.8 Å². The van der Waals surface area contributed by atoms with Gasteiger partial charge in [-0.2, -0.15) is 0 Å². The molecule has 2 amide bonds. The number of aromatic hydroxyl groups is 1. The standard InChI is InChI=1S/C17H18Cl3N3O5S/c1-2-28-9-8-22-29(26,27)16-11(19)6-7-13(15(16)24)23(17(21)25)12-5-3-4-10(18)14(12)20/h3-7,22,24H,2,8-9H2,1H3,(H2,21,25). The van der Waals surface area contributed by atoms with E-state index in [0.717, 1.165) is 4.90 Å². The zero-order chi connectivity index (χ0) is 21.8. The number of carbonyl (C=O) groups excluding carboxylic acids is 1. The molecule has 0 saturated heterocycles. The van der Waals surface area contributed by atoms with Gasteiger partial charge in [-0.25, -0.2) is 17.9 Å². The van der Waals surface area contributed by atoms with Crippen molar-refractivity contribution in [2.24, 2.45) is 5.73 Å². The molecule has 12 heteroatoms. The lowest BCUT2D eigenvalue weighted by Gasteiger charge is -2.24. The Kier molecular flexibility index (Phi) is 7.98. The van der Waals surface area contributed by atoms with Crippen LogP contribution in [0.1, 0.15) is 6.92 Å². The van der Waals surface area contributed by atoms with Crippen LogP contribution in [0.3, 0.4) is 0 Å². The number of halogens is 3. The van der Waals surface area contributed by atoms with Crippen molar-refractivity contribution in [2.75, 3.05) is 24.7 Å². The van der Waals surface area contributed by atoms with Gasteiger partial charge in [-0.05, 0) is 31.2 Å². The Morgan fingerprint density at radius 2 is 1.86 bits per heavy atom. The number of carbonyl (C=O) groups is 1. The highest BCUT2D eigenvalue weighted by Gasteiger charge is 2.29. The number of ether oxygens (including phenoxy) is 1. The minimum Gasteiger partial charge on any atom is -0.504 e. The lowest BCUT2D eigenvalue weighted by molar-refractivity contribution is 0.153. The van der Waals surface area contributed by atoms with Gasteiger partial charge in [-0.1, -0.05) is 40.9 Å². The zero-order valence-corrected chi connectivity index (χ0v) is 18.2. The van der Waals surface area contributed by atoms with Crippen molar-refractivity contribution in [1.82, 2.24) is 4.72 Å². The summed E-state index contributed by atoms with van der Waals surface area (Å²) in [5.74, 6) is -0.781. The Morgan fingerprint density at radius 3 is 2.48 bits per heavy atom. The second-order valence-corrected chi connectivity index (χ2v) is 8.48. The Labute approximate surface area is 183 Å². The lowest BCUT2D eigenvalue weighted by Crippen LogP contribution is -2.32. The molecule has 4 N–H and O–H groups in total. The molecule has 2 aromatic rings. The van der Waals surface area contributed by atoms with Gasteiger partial charge in [0.25, 0.3) is 0 Å². The molecule has 0 aliphatic carbocycles. The minimum absolute atomic E-state index is 0.0124. The third-order valence-corrected chi connectivity index (χ3v) is 6.48. The fraction of sp³-hybridized carbons (Fsp3) is 0.235. The third-order valence-electron chi connectivity index (χ3n) is 3.71. The molecule has 0 heterocycles. The predicted molar refractivity (Wildman–Crippen MR) is 113 cm³/mol. The first-order valence-electron chi connectivity index (χ1n) is 8.24. The van der Waals surface area contributed by atoms with Crippen LogP contribution in [0.4, 0.5) is 16.2 Å². The number of hydrogen-bond acceptors (Lipinski definition) is 5. The van der Waals surface area contributed by atoms with Crippen LogP contribution in [0, 0.1) is 0 Å². The van der Waals surface area contributed by atoms with E-state index in [4.69, 9.17) is 45.3 Å². The van der Waals surface area contributed by atoms with Gasteiger partial charge in [-0.15, -0.1) is 0 Å². The number of sulfonamides is 1. The largest absolute Gasteiger partial charge is 0.504 e. The van der Waals surface area contributed by atoms with Gasteiger partial charge in [-0.3, -0.25) is 4.90 Å². The summed E-state index contributed by atoms with van der Waals surface area (Å²) in [6, 6.07) is 5.86. The number of amides is 2. The van der Waals surface area contributed by atoms with Crippen molar-refractivity contribution in [1.29, 1.82) is 0 Å². The third kappa shape index (κ3) is 5.25. The Morgan fingerprint density at radius 1 is 1.17 bits per heavy atom. The summed E-state index contributed by atoms with van der Waals surface area (Å²) >= 11 is 18.2. The van der Waals surface area contributed by atoms with Crippen LogP contribution in [-0.2, 0) is 14.8 Å². The fourth-order valence-electron chi connectivity index (χ4n) is 2.47. The van der Waals surface area contributed by atoms with E-state index in [-0.39, 0.29) is 39.6 Å². The number of anilines is 2. The summed E-state index contributed by atoms with van der Waals surface area (Å²) in [4.78, 5) is 12.3. The molecule has 2 aromatic carbocycles. The van der Waals surface area contributed by atoms with E-state index in [1.807, 2.05) is 0 Å². The molecule has 0 radical (unpaired) electrons. The van der Waals surface area contributed by atoms with Crippen molar-refractivity contribution < 1.29 is 23.1 Å². The van der Waals surface area contributed by atoms with Crippen molar-refractivity contribution in [3.63, 3.8) is 0 Å². The number of rotatable bonds is 8. The van der Waals surface area contributed by atoms with Gasteiger partial charge in [0.2, 0.25) is 10.0 Å². The van der Waals surface area contributed by atoms with E-state index < -0.39 is 26.7 Å². The number of hydrogen-bond donors (Lipinski definition) is 3. The number of benzene rings is 2. The Bertz CT molecular complexity index is 1020. The molecule has 0 bridgehead atoms. The predicted octanol–water partition coefficient (Wildman–Crippen LogP) is 3.88. The molecular weight excluding hydrogens is 465 g/mol. The summed E-state index contributed by atoms with van der Waals surface area (Å²) in [6.07, 6.45) is 0. The molecule has 29 heavy (non-hydrogen) atoms. The summed E-state index contributed by atoms with van der Waals surface area (Å²) in [6.45, 7) is 2.26. The van der Waals surface area contributed by atoms with Gasteiger partial charge < -0.3 is 15.6 Å². The monoisotopic (exact) mass is 481 g/mol. The molecule has 0 aliphatic heterocycles. The molecule has 0 aliphatic rings. The van der Waals surface area contributed by atoms with Crippen molar-refractivity contribution >= 4 is 62.2 Å². The quantitative estimate of drug-likeness (QED) is 0.493. The maximum atomic E-state index is 12.6.